The van der Waals surface area contributed by atoms with Gasteiger partial charge in [0.05, 0.1) is 0 Å². The number of benzene rings is 1. The van der Waals surface area contributed by atoms with Gasteiger partial charge in [-0.15, -0.1) is 5.10 Å². The molecule has 1 amide bonds. The highest BCUT2D eigenvalue weighted by Crippen LogP contribution is 2.14. The molecule has 0 unspecified atom stereocenters. The van der Waals surface area contributed by atoms with Crippen LogP contribution in [0.2, 0.25) is 0 Å². The maximum atomic E-state index is 12.4. The van der Waals surface area contributed by atoms with Gasteiger partial charge in [-0.05, 0) is 43.2 Å². The molecule has 1 aliphatic rings. The summed E-state index contributed by atoms with van der Waals surface area (Å²) in [5, 5.41) is 8.07. The second-order valence-electron chi connectivity index (χ2n) is 5.91. The Balaban J connectivity index is 1.53. The third-order valence-electron chi connectivity index (χ3n) is 4.08. The van der Waals surface area contributed by atoms with Crippen LogP contribution in [0.1, 0.15) is 12.0 Å². The lowest BCUT2D eigenvalue weighted by molar-refractivity contribution is -0.133. The second kappa shape index (κ2) is 7.77. The monoisotopic (exact) mass is 326 g/mol. The first-order valence-corrected chi connectivity index (χ1v) is 8.22. The van der Waals surface area contributed by atoms with Crippen molar-refractivity contribution in [2.24, 2.45) is 0 Å². The maximum absolute atomic E-state index is 12.4. The number of carbonyl (C=O) groups excluding carboxylic acids is 1. The summed E-state index contributed by atoms with van der Waals surface area (Å²) in [4.78, 5) is 16.4. The molecular weight excluding hydrogens is 304 g/mol. The Morgan fingerprint density at radius 2 is 2.08 bits per heavy atom. The van der Waals surface area contributed by atoms with Crippen molar-refractivity contribution < 1.29 is 9.53 Å². The molecule has 6 heteroatoms. The smallest absolute Gasteiger partial charge is 0.260 e. The average Bonchev–Trinajstić information content (AvgIpc) is 2.87. The van der Waals surface area contributed by atoms with Crippen molar-refractivity contribution in [3.8, 4) is 5.75 Å². The minimum atomic E-state index is 0.0255. The minimum absolute atomic E-state index is 0.0255. The van der Waals surface area contributed by atoms with E-state index in [-0.39, 0.29) is 12.5 Å². The zero-order valence-electron chi connectivity index (χ0n) is 13.9. The van der Waals surface area contributed by atoms with Gasteiger partial charge in [-0.2, -0.15) is 5.10 Å². The van der Waals surface area contributed by atoms with Crippen molar-refractivity contribution in [1.29, 1.82) is 0 Å². The van der Waals surface area contributed by atoms with E-state index in [0.717, 1.165) is 43.2 Å². The van der Waals surface area contributed by atoms with Crippen molar-refractivity contribution in [2.45, 2.75) is 13.3 Å². The number of nitrogens with zero attached hydrogens (tertiary/aromatic N) is 4. The first-order valence-electron chi connectivity index (χ1n) is 8.22. The van der Waals surface area contributed by atoms with Gasteiger partial charge in [-0.25, -0.2) is 0 Å². The molecule has 0 saturated carbocycles. The third kappa shape index (κ3) is 4.22. The Kier molecular flexibility index (Phi) is 5.25. The molecule has 1 saturated heterocycles. The number of aromatic nitrogens is 2. The van der Waals surface area contributed by atoms with E-state index in [1.165, 1.54) is 0 Å². The molecule has 126 valence electrons. The Bertz CT molecular complexity index is 678. The zero-order valence-corrected chi connectivity index (χ0v) is 13.9. The van der Waals surface area contributed by atoms with Crippen LogP contribution in [0.15, 0.2) is 42.6 Å². The molecule has 1 fully saturated rings. The van der Waals surface area contributed by atoms with Gasteiger partial charge in [-0.3, -0.25) is 4.79 Å². The molecule has 2 heterocycles. The second-order valence-corrected chi connectivity index (χ2v) is 5.91. The van der Waals surface area contributed by atoms with Gasteiger partial charge in [0.25, 0.3) is 5.91 Å². The standard InChI is InChI=1S/C18H22N4O2/c1-15-5-2-6-16(13-15)24-14-18(23)22-10-4-9-21(11-12-22)17-7-3-8-19-20-17/h2-3,5-8,13H,4,9-12,14H2,1H3. The van der Waals surface area contributed by atoms with Crippen molar-refractivity contribution >= 4 is 11.7 Å². The number of amides is 1. The SMILES string of the molecule is Cc1cccc(OCC(=O)N2CCCN(c3cccnn3)CC2)c1. The quantitative estimate of drug-likeness (QED) is 0.859. The maximum Gasteiger partial charge on any atom is 0.260 e. The molecule has 0 N–H and O–H groups in total. The molecule has 1 aromatic carbocycles. The minimum Gasteiger partial charge on any atom is -0.484 e. The van der Waals surface area contributed by atoms with Crippen LogP contribution in [0, 0.1) is 6.92 Å². The molecule has 24 heavy (non-hydrogen) atoms. The highest BCUT2D eigenvalue weighted by Gasteiger charge is 2.20. The van der Waals surface area contributed by atoms with E-state index in [9.17, 15) is 4.79 Å². The van der Waals surface area contributed by atoms with E-state index >= 15 is 0 Å². The number of ether oxygens (including phenoxy) is 1. The summed E-state index contributed by atoms with van der Waals surface area (Å²) in [7, 11) is 0. The van der Waals surface area contributed by atoms with Crippen LogP contribution in [0.4, 0.5) is 5.82 Å². The molecular formula is C18H22N4O2. The number of anilines is 1. The molecule has 2 aromatic rings. The predicted molar refractivity (Wildman–Crippen MR) is 92.1 cm³/mol. The molecule has 0 bridgehead atoms. The van der Waals surface area contributed by atoms with Crippen LogP contribution in [0.25, 0.3) is 0 Å². The van der Waals surface area contributed by atoms with E-state index in [2.05, 4.69) is 15.1 Å². The number of hydrogen-bond donors (Lipinski definition) is 0. The van der Waals surface area contributed by atoms with Crippen LogP contribution >= 0.6 is 0 Å². The predicted octanol–water partition coefficient (Wildman–Crippen LogP) is 1.90. The van der Waals surface area contributed by atoms with Crippen molar-refractivity contribution in [2.75, 3.05) is 37.7 Å². The van der Waals surface area contributed by atoms with Gasteiger partial charge >= 0.3 is 0 Å². The molecule has 0 atom stereocenters. The molecule has 0 radical (unpaired) electrons. The first-order chi connectivity index (χ1) is 11.7. The number of rotatable bonds is 4. The number of carbonyl (C=O) groups is 1. The Morgan fingerprint density at radius 3 is 2.88 bits per heavy atom. The van der Waals surface area contributed by atoms with E-state index in [1.807, 2.05) is 48.2 Å². The lowest BCUT2D eigenvalue weighted by Crippen LogP contribution is -2.38. The van der Waals surface area contributed by atoms with E-state index in [1.54, 1.807) is 6.20 Å². The normalized spacial score (nSPS) is 15.0. The van der Waals surface area contributed by atoms with Crippen LogP contribution in [0.3, 0.4) is 0 Å². The highest BCUT2D eigenvalue weighted by molar-refractivity contribution is 5.77. The summed E-state index contributed by atoms with van der Waals surface area (Å²) in [6, 6.07) is 11.6. The van der Waals surface area contributed by atoms with Crippen molar-refractivity contribution in [1.82, 2.24) is 15.1 Å². The fourth-order valence-corrected chi connectivity index (χ4v) is 2.80. The Hall–Kier alpha value is -2.63. The molecule has 6 nitrogen and oxygen atoms in total. The zero-order chi connectivity index (χ0) is 16.8. The number of hydrogen-bond acceptors (Lipinski definition) is 5. The highest BCUT2D eigenvalue weighted by atomic mass is 16.5. The molecule has 1 aromatic heterocycles. The lowest BCUT2D eigenvalue weighted by Gasteiger charge is -2.22. The first kappa shape index (κ1) is 16.2. The van der Waals surface area contributed by atoms with Crippen molar-refractivity contribution in [3.05, 3.63) is 48.2 Å². The van der Waals surface area contributed by atoms with Gasteiger partial charge in [0.1, 0.15) is 5.75 Å². The average molecular weight is 326 g/mol. The summed E-state index contributed by atoms with van der Waals surface area (Å²) < 4.78 is 5.63. The van der Waals surface area contributed by atoms with Crippen LogP contribution in [-0.2, 0) is 4.79 Å². The lowest BCUT2D eigenvalue weighted by atomic mass is 10.2. The Morgan fingerprint density at radius 1 is 1.17 bits per heavy atom. The van der Waals surface area contributed by atoms with E-state index < -0.39 is 0 Å². The molecule has 0 aliphatic carbocycles. The van der Waals surface area contributed by atoms with Crippen molar-refractivity contribution in [3.63, 3.8) is 0 Å². The van der Waals surface area contributed by atoms with Gasteiger partial charge in [0.15, 0.2) is 12.4 Å². The van der Waals surface area contributed by atoms with Gasteiger partial charge < -0.3 is 14.5 Å². The van der Waals surface area contributed by atoms with Gasteiger partial charge in [0.2, 0.25) is 0 Å². The third-order valence-corrected chi connectivity index (χ3v) is 4.08. The molecule has 1 aliphatic heterocycles. The molecule has 0 spiro atoms. The fourth-order valence-electron chi connectivity index (χ4n) is 2.80. The molecule has 3 rings (SSSR count). The van der Waals surface area contributed by atoms with E-state index in [4.69, 9.17) is 4.74 Å². The topological polar surface area (TPSA) is 58.6 Å². The summed E-state index contributed by atoms with van der Waals surface area (Å²) in [5.74, 6) is 1.62. The summed E-state index contributed by atoms with van der Waals surface area (Å²) in [5.41, 5.74) is 1.12. The van der Waals surface area contributed by atoms with Crippen LogP contribution < -0.4 is 9.64 Å². The largest absolute Gasteiger partial charge is 0.484 e. The summed E-state index contributed by atoms with van der Waals surface area (Å²) in [6.07, 6.45) is 2.58. The van der Waals surface area contributed by atoms with Gasteiger partial charge in [-0.1, -0.05) is 12.1 Å². The van der Waals surface area contributed by atoms with Crippen LogP contribution in [0.5, 0.6) is 5.75 Å². The number of aryl methyl sites for hydroxylation is 1. The summed E-state index contributed by atoms with van der Waals surface area (Å²) in [6.45, 7) is 5.13. The van der Waals surface area contributed by atoms with E-state index in [0.29, 0.717) is 6.54 Å². The fraction of sp³-hybridized carbons (Fsp3) is 0.389. The Labute approximate surface area is 142 Å². The van der Waals surface area contributed by atoms with Gasteiger partial charge in [0, 0.05) is 32.4 Å². The summed E-state index contributed by atoms with van der Waals surface area (Å²) >= 11 is 0. The van der Waals surface area contributed by atoms with Crippen LogP contribution in [-0.4, -0.2) is 53.8 Å².